The van der Waals surface area contributed by atoms with E-state index in [4.69, 9.17) is 14.6 Å². The molecule has 2 aliphatic heterocycles. The van der Waals surface area contributed by atoms with Crippen LogP contribution >= 0.6 is 11.8 Å². The number of nitrogens with zero attached hydrogens (tertiary/aromatic N) is 1. The van der Waals surface area contributed by atoms with Crippen molar-refractivity contribution >= 4 is 23.6 Å². The summed E-state index contributed by atoms with van der Waals surface area (Å²) in [6.07, 6.45) is 2.73. The highest BCUT2D eigenvalue weighted by Gasteiger charge is 2.32. The third-order valence-corrected chi connectivity index (χ3v) is 5.17. The molecule has 0 aromatic rings. The molecule has 0 spiro atoms. The lowest BCUT2D eigenvalue weighted by molar-refractivity contribution is -0.149. The first-order valence-corrected chi connectivity index (χ1v) is 9.06. The van der Waals surface area contributed by atoms with Gasteiger partial charge >= 0.3 is 5.97 Å². The van der Waals surface area contributed by atoms with Gasteiger partial charge in [0.15, 0.2) is 0 Å². The molecule has 3 unspecified atom stereocenters. The average molecular weight is 331 g/mol. The molecule has 1 amide bonds. The maximum atomic E-state index is 12.5. The number of hydrogen-bond donors (Lipinski definition) is 1. The van der Waals surface area contributed by atoms with E-state index in [-0.39, 0.29) is 24.5 Å². The van der Waals surface area contributed by atoms with Crippen LogP contribution in [0, 0.1) is 0 Å². The Morgan fingerprint density at radius 1 is 1.45 bits per heavy atom. The predicted molar refractivity (Wildman–Crippen MR) is 84.1 cm³/mol. The first-order chi connectivity index (χ1) is 10.6. The maximum Gasteiger partial charge on any atom is 0.305 e. The summed E-state index contributed by atoms with van der Waals surface area (Å²) in [7, 11) is 0. The summed E-state index contributed by atoms with van der Waals surface area (Å²) in [5.74, 6) is 0.549. The highest BCUT2D eigenvalue weighted by atomic mass is 32.2. The summed E-state index contributed by atoms with van der Waals surface area (Å²) >= 11 is 1.70. The van der Waals surface area contributed by atoms with E-state index >= 15 is 0 Å². The average Bonchev–Trinajstić information content (AvgIpc) is 2.53. The number of thioether (sulfide) groups is 1. The minimum absolute atomic E-state index is 0.00278. The van der Waals surface area contributed by atoms with E-state index in [2.05, 4.69) is 0 Å². The summed E-state index contributed by atoms with van der Waals surface area (Å²) in [6.45, 7) is 3.53. The summed E-state index contributed by atoms with van der Waals surface area (Å²) in [6, 6.07) is -0.235. The largest absolute Gasteiger partial charge is 0.481 e. The van der Waals surface area contributed by atoms with Crippen LogP contribution in [0.25, 0.3) is 0 Å². The van der Waals surface area contributed by atoms with Gasteiger partial charge in [-0.05, 0) is 26.2 Å². The van der Waals surface area contributed by atoms with Gasteiger partial charge in [-0.2, -0.15) is 11.8 Å². The van der Waals surface area contributed by atoms with Crippen LogP contribution in [0.1, 0.15) is 32.6 Å². The first kappa shape index (κ1) is 17.6. The SMILES string of the molecule is CC(OCC1CCCCO1)C(=O)N1CCSCC1CC(=O)O. The Bertz CT molecular complexity index is 386. The molecule has 0 aromatic heterocycles. The predicted octanol–water partition coefficient (Wildman–Crippen LogP) is 1.38. The van der Waals surface area contributed by atoms with Crippen molar-refractivity contribution in [3.63, 3.8) is 0 Å². The Kier molecular flexibility index (Phi) is 6.98. The van der Waals surface area contributed by atoms with Crippen molar-refractivity contribution in [1.82, 2.24) is 4.90 Å². The molecule has 2 rings (SSSR count). The fraction of sp³-hybridized carbons (Fsp3) is 0.867. The third-order valence-electron chi connectivity index (χ3n) is 4.07. The van der Waals surface area contributed by atoms with E-state index in [1.807, 2.05) is 0 Å². The van der Waals surface area contributed by atoms with Crippen molar-refractivity contribution in [2.45, 2.75) is 50.9 Å². The summed E-state index contributed by atoms with van der Waals surface area (Å²) in [5.41, 5.74) is 0. The quantitative estimate of drug-likeness (QED) is 0.792. The molecule has 7 heteroatoms. The van der Waals surface area contributed by atoms with E-state index < -0.39 is 12.1 Å². The van der Waals surface area contributed by atoms with Gasteiger partial charge in [0.05, 0.1) is 25.2 Å². The van der Waals surface area contributed by atoms with Crippen LogP contribution in [0.15, 0.2) is 0 Å². The topological polar surface area (TPSA) is 76.1 Å². The lowest BCUT2D eigenvalue weighted by Gasteiger charge is -2.36. The van der Waals surface area contributed by atoms with Crippen molar-refractivity contribution < 1.29 is 24.2 Å². The van der Waals surface area contributed by atoms with E-state index in [0.29, 0.717) is 18.9 Å². The second kappa shape index (κ2) is 8.74. The maximum absolute atomic E-state index is 12.5. The Balaban J connectivity index is 1.83. The molecule has 2 aliphatic rings. The molecular weight excluding hydrogens is 306 g/mol. The molecule has 3 atom stereocenters. The van der Waals surface area contributed by atoms with Crippen LogP contribution in [-0.2, 0) is 19.1 Å². The minimum atomic E-state index is -0.866. The minimum Gasteiger partial charge on any atom is -0.481 e. The van der Waals surface area contributed by atoms with Crippen LogP contribution in [0.2, 0.25) is 0 Å². The van der Waals surface area contributed by atoms with Crippen LogP contribution in [0.3, 0.4) is 0 Å². The number of carboxylic acids is 1. The normalized spacial score (nSPS) is 27.4. The van der Waals surface area contributed by atoms with Crippen molar-refractivity contribution in [3.05, 3.63) is 0 Å². The molecule has 6 nitrogen and oxygen atoms in total. The fourth-order valence-electron chi connectivity index (χ4n) is 2.81. The van der Waals surface area contributed by atoms with Gasteiger partial charge in [-0.1, -0.05) is 0 Å². The number of amides is 1. The Labute approximate surface area is 135 Å². The number of aliphatic carboxylic acids is 1. The van der Waals surface area contributed by atoms with Crippen LogP contribution in [-0.4, -0.2) is 71.4 Å². The summed E-state index contributed by atoms with van der Waals surface area (Å²) < 4.78 is 11.3. The number of ether oxygens (including phenoxy) is 2. The Morgan fingerprint density at radius 3 is 2.95 bits per heavy atom. The van der Waals surface area contributed by atoms with Gasteiger partial charge in [-0.15, -0.1) is 0 Å². The Hall–Kier alpha value is -0.790. The van der Waals surface area contributed by atoms with Gasteiger partial charge in [0, 0.05) is 24.7 Å². The molecule has 126 valence electrons. The molecule has 0 bridgehead atoms. The number of carbonyl (C=O) groups excluding carboxylic acids is 1. The molecule has 2 fully saturated rings. The van der Waals surface area contributed by atoms with Gasteiger partial charge in [-0.3, -0.25) is 9.59 Å². The van der Waals surface area contributed by atoms with Crippen molar-refractivity contribution in [2.75, 3.05) is 31.3 Å². The second-order valence-electron chi connectivity index (χ2n) is 5.82. The molecule has 0 aliphatic carbocycles. The second-order valence-corrected chi connectivity index (χ2v) is 6.97. The summed E-state index contributed by atoms with van der Waals surface area (Å²) in [5, 5.41) is 8.98. The standard InChI is InChI=1S/C15H25NO5S/c1-11(21-9-13-4-2-3-6-20-13)15(19)16-5-7-22-10-12(16)8-14(17)18/h11-13H,2-10H2,1H3,(H,17,18). The van der Waals surface area contributed by atoms with Crippen LogP contribution < -0.4 is 0 Å². The van der Waals surface area contributed by atoms with E-state index in [1.54, 1.807) is 23.6 Å². The molecule has 2 saturated heterocycles. The molecule has 2 heterocycles. The van der Waals surface area contributed by atoms with Gasteiger partial charge in [0.2, 0.25) is 0 Å². The first-order valence-electron chi connectivity index (χ1n) is 7.91. The monoisotopic (exact) mass is 331 g/mol. The zero-order valence-electron chi connectivity index (χ0n) is 13.0. The smallest absolute Gasteiger partial charge is 0.305 e. The van der Waals surface area contributed by atoms with Crippen molar-refractivity contribution in [3.8, 4) is 0 Å². The van der Waals surface area contributed by atoms with E-state index in [9.17, 15) is 9.59 Å². The molecule has 0 radical (unpaired) electrons. The number of carbonyl (C=O) groups is 2. The van der Waals surface area contributed by atoms with Gasteiger partial charge in [-0.25, -0.2) is 0 Å². The van der Waals surface area contributed by atoms with Gasteiger partial charge in [0.25, 0.3) is 5.91 Å². The highest BCUT2D eigenvalue weighted by molar-refractivity contribution is 7.99. The number of rotatable bonds is 6. The molecule has 0 aromatic carbocycles. The van der Waals surface area contributed by atoms with Gasteiger partial charge < -0.3 is 19.5 Å². The molecule has 22 heavy (non-hydrogen) atoms. The molecular formula is C15H25NO5S. The zero-order chi connectivity index (χ0) is 15.9. The number of hydrogen-bond acceptors (Lipinski definition) is 5. The van der Waals surface area contributed by atoms with Crippen molar-refractivity contribution in [1.29, 1.82) is 0 Å². The Morgan fingerprint density at radius 2 is 2.27 bits per heavy atom. The van der Waals surface area contributed by atoms with Crippen LogP contribution in [0.4, 0.5) is 0 Å². The summed E-state index contributed by atoms with van der Waals surface area (Å²) in [4.78, 5) is 25.1. The lowest BCUT2D eigenvalue weighted by Crippen LogP contribution is -2.51. The highest BCUT2D eigenvalue weighted by Crippen LogP contribution is 2.21. The third kappa shape index (κ3) is 5.14. The van der Waals surface area contributed by atoms with E-state index in [1.165, 1.54) is 0 Å². The van der Waals surface area contributed by atoms with Gasteiger partial charge in [0.1, 0.15) is 6.10 Å². The zero-order valence-corrected chi connectivity index (χ0v) is 13.8. The fourth-order valence-corrected chi connectivity index (χ4v) is 3.87. The molecule has 1 N–H and O–H groups in total. The van der Waals surface area contributed by atoms with Crippen LogP contribution in [0.5, 0.6) is 0 Å². The van der Waals surface area contributed by atoms with Crippen molar-refractivity contribution in [2.24, 2.45) is 0 Å². The number of carboxylic acid groups (broad SMARTS) is 1. The van der Waals surface area contributed by atoms with E-state index in [0.717, 1.165) is 31.6 Å². The lowest BCUT2D eigenvalue weighted by atomic mass is 10.1. The molecule has 0 saturated carbocycles.